The number of rotatable bonds is 4. The monoisotopic (exact) mass is 328 g/mol. The van der Waals surface area contributed by atoms with Gasteiger partial charge in [-0.25, -0.2) is 0 Å². The summed E-state index contributed by atoms with van der Waals surface area (Å²) >= 11 is 0. The van der Waals surface area contributed by atoms with Gasteiger partial charge >= 0.3 is 6.18 Å². The van der Waals surface area contributed by atoms with Crippen LogP contribution in [-0.4, -0.2) is 25.0 Å². The van der Waals surface area contributed by atoms with E-state index in [9.17, 15) is 18.0 Å². The molecule has 1 aromatic rings. The first-order valence-electron chi connectivity index (χ1n) is 7.95. The Hall–Kier alpha value is -1.56. The maximum Gasteiger partial charge on any atom is 0.416 e. The van der Waals surface area contributed by atoms with Gasteiger partial charge in [-0.05, 0) is 36.4 Å². The lowest BCUT2D eigenvalue weighted by molar-refractivity contribution is -0.138. The van der Waals surface area contributed by atoms with Crippen molar-refractivity contribution in [1.29, 1.82) is 0 Å². The van der Waals surface area contributed by atoms with Crippen molar-refractivity contribution in [3.63, 3.8) is 0 Å². The van der Waals surface area contributed by atoms with E-state index >= 15 is 0 Å². The first-order chi connectivity index (χ1) is 10.8. The lowest BCUT2D eigenvalue weighted by Crippen LogP contribution is -2.50. The molecule has 1 aromatic carbocycles. The molecule has 1 fully saturated rings. The van der Waals surface area contributed by atoms with E-state index in [1.54, 1.807) is 13.0 Å². The molecule has 0 radical (unpaired) electrons. The van der Waals surface area contributed by atoms with E-state index in [4.69, 9.17) is 0 Å². The second-order valence-electron chi connectivity index (χ2n) is 6.33. The van der Waals surface area contributed by atoms with Crippen LogP contribution in [0.4, 0.5) is 13.2 Å². The van der Waals surface area contributed by atoms with Gasteiger partial charge in [0.1, 0.15) is 0 Å². The summed E-state index contributed by atoms with van der Waals surface area (Å²) in [6, 6.07) is 5.50. The maximum absolute atomic E-state index is 13.1. The molecule has 3 atom stereocenters. The Morgan fingerprint density at radius 3 is 2.74 bits per heavy atom. The minimum atomic E-state index is -4.40. The van der Waals surface area contributed by atoms with Crippen molar-refractivity contribution in [2.24, 2.45) is 5.92 Å². The number of benzene rings is 1. The number of hydrogen-bond acceptors (Lipinski definition) is 2. The van der Waals surface area contributed by atoms with Crippen LogP contribution in [0.5, 0.6) is 0 Å². The summed E-state index contributed by atoms with van der Waals surface area (Å²) in [5, 5.41) is 6.17. The SMILES string of the molecule is CC(CC(=O)NC1CNCCC1C)c1ccccc1C(F)(F)F. The highest BCUT2D eigenvalue weighted by atomic mass is 19.4. The highest BCUT2D eigenvalue weighted by Crippen LogP contribution is 2.35. The van der Waals surface area contributed by atoms with Gasteiger partial charge in [0.15, 0.2) is 0 Å². The molecule has 1 heterocycles. The van der Waals surface area contributed by atoms with E-state index in [1.807, 2.05) is 0 Å². The number of carbonyl (C=O) groups excluding carboxylic acids is 1. The molecule has 0 saturated carbocycles. The molecule has 128 valence electrons. The number of halogens is 3. The smallest absolute Gasteiger partial charge is 0.352 e. The summed E-state index contributed by atoms with van der Waals surface area (Å²) in [6.45, 7) is 5.38. The van der Waals surface area contributed by atoms with Crippen LogP contribution in [0.1, 0.15) is 43.7 Å². The van der Waals surface area contributed by atoms with Crippen molar-refractivity contribution >= 4 is 5.91 Å². The minimum absolute atomic E-state index is 0.0429. The number of piperidine rings is 1. The molecule has 0 aliphatic carbocycles. The van der Waals surface area contributed by atoms with Gasteiger partial charge in [0, 0.05) is 19.0 Å². The van der Waals surface area contributed by atoms with Gasteiger partial charge in [0.25, 0.3) is 0 Å². The number of hydrogen-bond donors (Lipinski definition) is 2. The molecule has 1 aliphatic heterocycles. The van der Waals surface area contributed by atoms with Gasteiger partial charge in [-0.1, -0.05) is 32.0 Å². The second kappa shape index (κ2) is 7.34. The Morgan fingerprint density at radius 1 is 1.39 bits per heavy atom. The van der Waals surface area contributed by atoms with Gasteiger partial charge in [-0.15, -0.1) is 0 Å². The number of alkyl halides is 3. The highest BCUT2D eigenvalue weighted by molar-refractivity contribution is 5.77. The van der Waals surface area contributed by atoms with Crippen molar-refractivity contribution in [3.05, 3.63) is 35.4 Å². The molecule has 3 nitrogen and oxygen atoms in total. The average Bonchev–Trinajstić information content (AvgIpc) is 2.48. The molecule has 2 rings (SSSR count). The van der Waals surface area contributed by atoms with E-state index in [2.05, 4.69) is 17.6 Å². The molecule has 1 aliphatic rings. The zero-order valence-corrected chi connectivity index (χ0v) is 13.4. The maximum atomic E-state index is 13.1. The molecule has 2 N–H and O–H groups in total. The third-order valence-corrected chi connectivity index (χ3v) is 4.46. The Morgan fingerprint density at radius 2 is 2.09 bits per heavy atom. The molecule has 3 unspecified atom stereocenters. The Balaban J connectivity index is 2.01. The van der Waals surface area contributed by atoms with Gasteiger partial charge in [0.05, 0.1) is 5.56 Å². The topological polar surface area (TPSA) is 41.1 Å². The van der Waals surface area contributed by atoms with Crippen LogP contribution < -0.4 is 10.6 Å². The molecule has 1 amide bonds. The van der Waals surface area contributed by atoms with Crippen LogP contribution >= 0.6 is 0 Å². The summed E-state index contributed by atoms with van der Waals surface area (Å²) in [4.78, 5) is 12.2. The molecule has 0 aromatic heterocycles. The summed E-state index contributed by atoms with van der Waals surface area (Å²) in [6.07, 6.45) is -3.36. The summed E-state index contributed by atoms with van der Waals surface area (Å²) in [7, 11) is 0. The first kappa shape index (κ1) is 17.8. The summed E-state index contributed by atoms with van der Waals surface area (Å²) in [5.74, 6) is -0.312. The lowest BCUT2D eigenvalue weighted by Gasteiger charge is -2.30. The van der Waals surface area contributed by atoms with E-state index in [1.165, 1.54) is 12.1 Å². The van der Waals surface area contributed by atoms with Gasteiger partial charge in [-0.3, -0.25) is 4.79 Å². The van der Waals surface area contributed by atoms with Crippen LogP contribution in [0.3, 0.4) is 0 Å². The fourth-order valence-electron chi connectivity index (χ4n) is 3.02. The van der Waals surface area contributed by atoms with E-state index < -0.39 is 17.7 Å². The average molecular weight is 328 g/mol. The zero-order valence-electron chi connectivity index (χ0n) is 13.4. The fourth-order valence-corrected chi connectivity index (χ4v) is 3.02. The van der Waals surface area contributed by atoms with Crippen LogP contribution in [0.2, 0.25) is 0 Å². The van der Waals surface area contributed by atoms with E-state index in [0.717, 1.165) is 19.0 Å². The Bertz CT molecular complexity index is 545. The molecule has 6 heteroatoms. The van der Waals surface area contributed by atoms with E-state index in [0.29, 0.717) is 12.5 Å². The predicted octanol–water partition coefficient (Wildman–Crippen LogP) is 3.31. The Kier molecular flexibility index (Phi) is 5.68. The first-order valence-corrected chi connectivity index (χ1v) is 7.95. The number of nitrogens with one attached hydrogen (secondary N) is 2. The van der Waals surface area contributed by atoms with Crippen molar-refractivity contribution in [2.45, 2.75) is 44.8 Å². The Labute approximate surface area is 134 Å². The van der Waals surface area contributed by atoms with Crippen LogP contribution in [0.25, 0.3) is 0 Å². The normalized spacial score (nSPS) is 23.3. The number of carbonyl (C=O) groups is 1. The second-order valence-corrected chi connectivity index (χ2v) is 6.33. The summed E-state index contributed by atoms with van der Waals surface area (Å²) in [5.41, 5.74) is -0.488. The highest BCUT2D eigenvalue weighted by Gasteiger charge is 2.34. The third kappa shape index (κ3) is 4.70. The molecular weight excluding hydrogens is 305 g/mol. The van der Waals surface area contributed by atoms with Crippen molar-refractivity contribution < 1.29 is 18.0 Å². The molecule has 0 spiro atoms. The van der Waals surface area contributed by atoms with Crippen LogP contribution in [0, 0.1) is 5.92 Å². The van der Waals surface area contributed by atoms with Crippen LogP contribution in [0.15, 0.2) is 24.3 Å². The molecule has 1 saturated heterocycles. The zero-order chi connectivity index (χ0) is 17.0. The van der Waals surface area contributed by atoms with Gasteiger partial charge in [0.2, 0.25) is 5.91 Å². The van der Waals surface area contributed by atoms with Crippen molar-refractivity contribution in [3.8, 4) is 0 Å². The standard InChI is InChI=1S/C17H23F3N2O/c1-11-7-8-21-10-15(11)22-16(23)9-12(2)13-5-3-4-6-14(13)17(18,19)20/h3-6,11-12,15,21H,7-10H2,1-2H3,(H,22,23). The minimum Gasteiger partial charge on any atom is -0.352 e. The van der Waals surface area contributed by atoms with Crippen LogP contribution in [-0.2, 0) is 11.0 Å². The predicted molar refractivity (Wildman–Crippen MR) is 83.1 cm³/mol. The van der Waals surface area contributed by atoms with Crippen molar-refractivity contribution in [2.75, 3.05) is 13.1 Å². The summed E-state index contributed by atoms with van der Waals surface area (Å²) < 4.78 is 39.2. The number of amides is 1. The van der Waals surface area contributed by atoms with Crippen molar-refractivity contribution in [1.82, 2.24) is 10.6 Å². The van der Waals surface area contributed by atoms with Gasteiger partial charge in [-0.2, -0.15) is 13.2 Å². The molecule has 0 bridgehead atoms. The quantitative estimate of drug-likeness (QED) is 0.890. The molecule has 23 heavy (non-hydrogen) atoms. The fraction of sp³-hybridized carbons (Fsp3) is 0.588. The lowest BCUT2D eigenvalue weighted by atomic mass is 9.91. The largest absolute Gasteiger partial charge is 0.416 e. The van der Waals surface area contributed by atoms with E-state index in [-0.39, 0.29) is 23.9 Å². The molecular formula is C17H23F3N2O. The van der Waals surface area contributed by atoms with Gasteiger partial charge < -0.3 is 10.6 Å². The third-order valence-electron chi connectivity index (χ3n) is 4.46.